The first-order valence-corrected chi connectivity index (χ1v) is 9.75. The number of alkyl halides is 3. The van der Waals surface area contributed by atoms with Crippen molar-refractivity contribution >= 4 is 0 Å². The summed E-state index contributed by atoms with van der Waals surface area (Å²) in [5, 5.41) is 0. The highest BCUT2D eigenvalue weighted by Crippen LogP contribution is 2.24. The molecule has 0 aliphatic rings. The van der Waals surface area contributed by atoms with Gasteiger partial charge in [-0.1, -0.05) is 17.7 Å². The van der Waals surface area contributed by atoms with E-state index in [1.54, 1.807) is 12.1 Å². The van der Waals surface area contributed by atoms with Gasteiger partial charge in [0, 0.05) is 48.0 Å². The van der Waals surface area contributed by atoms with Crippen molar-refractivity contribution < 1.29 is 27.0 Å². The average Bonchev–Trinajstić information content (AvgIpc) is 2.74. The van der Waals surface area contributed by atoms with Crippen LogP contribution in [0.25, 0.3) is 22.5 Å². The van der Waals surface area contributed by atoms with E-state index in [1.165, 1.54) is 17.7 Å². The molecule has 4 rings (SSSR count). The van der Waals surface area contributed by atoms with E-state index in [0.717, 1.165) is 28.1 Å². The predicted molar refractivity (Wildman–Crippen MR) is 111 cm³/mol. The first kappa shape index (κ1) is 20.6. The molecule has 0 saturated carbocycles. The fourth-order valence-corrected chi connectivity index (χ4v) is 3.41. The lowest BCUT2D eigenvalue weighted by Gasteiger charge is -2.08. The number of aromatic nitrogens is 2. The highest BCUT2D eigenvalue weighted by molar-refractivity contribution is 5.65. The normalized spacial score (nSPS) is 11.4. The van der Waals surface area contributed by atoms with Crippen molar-refractivity contribution in [1.82, 2.24) is 0 Å². The van der Waals surface area contributed by atoms with Crippen LogP contribution in [0.5, 0.6) is 5.75 Å². The van der Waals surface area contributed by atoms with Crippen LogP contribution in [0, 0.1) is 13.8 Å². The van der Waals surface area contributed by atoms with Gasteiger partial charge in [0.1, 0.15) is 5.75 Å². The van der Waals surface area contributed by atoms with Gasteiger partial charge in [0.2, 0.25) is 11.4 Å². The van der Waals surface area contributed by atoms with E-state index in [9.17, 15) is 13.2 Å². The highest BCUT2D eigenvalue weighted by atomic mass is 19.4. The van der Waals surface area contributed by atoms with Crippen LogP contribution in [0.3, 0.4) is 0 Å². The van der Waals surface area contributed by atoms with Gasteiger partial charge in [-0.25, -0.2) is 0 Å². The Kier molecular flexibility index (Phi) is 5.46. The van der Waals surface area contributed by atoms with E-state index < -0.39 is 6.36 Å². The van der Waals surface area contributed by atoms with Gasteiger partial charge in [-0.15, -0.1) is 13.2 Å². The van der Waals surface area contributed by atoms with Crippen molar-refractivity contribution in [3.8, 4) is 28.3 Å². The molecule has 0 spiro atoms. The molecule has 0 radical (unpaired) electrons. The summed E-state index contributed by atoms with van der Waals surface area (Å²) < 4.78 is 44.8. The summed E-state index contributed by atoms with van der Waals surface area (Å²) in [4.78, 5) is 0. The van der Waals surface area contributed by atoms with Gasteiger partial charge in [0.25, 0.3) is 0 Å². The lowest BCUT2D eigenvalue weighted by atomic mass is 10.0. The zero-order valence-electron chi connectivity index (χ0n) is 17.1. The Morgan fingerprint density at radius 3 is 1.81 bits per heavy atom. The first-order valence-electron chi connectivity index (χ1n) is 9.75. The van der Waals surface area contributed by atoms with Crippen LogP contribution in [0.15, 0.2) is 91.5 Å². The molecular formula is C25H21F3N2O+2. The molecule has 0 fully saturated rings. The maximum atomic E-state index is 12.3. The fraction of sp³-hybridized carbons (Fsp3) is 0.120. The summed E-state index contributed by atoms with van der Waals surface area (Å²) in [6.07, 6.45) is 3.21. The third kappa shape index (κ3) is 4.91. The molecule has 31 heavy (non-hydrogen) atoms. The van der Waals surface area contributed by atoms with E-state index in [0.29, 0.717) is 0 Å². The number of ether oxygens (including phenoxy) is 1. The standard InChI is InChI=1S/C25H21F3N2O/c1-18-3-5-22(6-4-18)30-16-13-24(19(2)17-30)20-11-14-29(15-12-20)21-7-9-23(10-8-21)31-25(26,27)28/h3-17H,1-2H3/q+2. The Bertz CT molecular complexity index is 1180. The second-order valence-electron chi connectivity index (χ2n) is 7.32. The monoisotopic (exact) mass is 422 g/mol. The molecule has 2 aromatic heterocycles. The molecule has 0 atom stereocenters. The Labute approximate surface area is 178 Å². The first-order chi connectivity index (χ1) is 14.8. The zero-order chi connectivity index (χ0) is 22.0. The van der Waals surface area contributed by atoms with Crippen molar-refractivity contribution in [2.45, 2.75) is 20.2 Å². The Hall–Kier alpha value is -3.67. The highest BCUT2D eigenvalue weighted by Gasteiger charge is 2.31. The van der Waals surface area contributed by atoms with Gasteiger partial charge < -0.3 is 4.74 Å². The second kappa shape index (κ2) is 8.22. The molecule has 6 heteroatoms. The molecule has 0 bridgehead atoms. The number of halogens is 3. The number of hydrogen-bond acceptors (Lipinski definition) is 1. The number of aryl methyl sites for hydroxylation is 2. The van der Waals surface area contributed by atoms with Crippen molar-refractivity contribution in [3.63, 3.8) is 0 Å². The van der Waals surface area contributed by atoms with Crippen molar-refractivity contribution in [2.75, 3.05) is 0 Å². The topological polar surface area (TPSA) is 17.0 Å². The molecule has 2 heterocycles. The van der Waals surface area contributed by atoms with E-state index in [2.05, 4.69) is 59.7 Å². The minimum Gasteiger partial charge on any atom is -0.406 e. The van der Waals surface area contributed by atoms with Crippen molar-refractivity contribution in [2.24, 2.45) is 0 Å². The minimum atomic E-state index is -4.69. The molecule has 0 aliphatic carbocycles. The minimum absolute atomic E-state index is 0.240. The van der Waals surface area contributed by atoms with Crippen molar-refractivity contribution in [3.05, 3.63) is 103 Å². The average molecular weight is 422 g/mol. The molecule has 3 nitrogen and oxygen atoms in total. The summed E-state index contributed by atoms with van der Waals surface area (Å²) in [6, 6.07) is 20.2. The number of hydrogen-bond donors (Lipinski definition) is 0. The SMILES string of the molecule is Cc1ccc(-[n+]2ccc(-c3cc[n+](-c4ccc(OC(F)(F)F)cc4)cc3)c(C)c2)cc1. The molecule has 156 valence electrons. The predicted octanol–water partition coefficient (Wildman–Crippen LogP) is 5.42. The quantitative estimate of drug-likeness (QED) is 0.401. The Morgan fingerprint density at radius 2 is 1.23 bits per heavy atom. The van der Waals surface area contributed by atoms with Crippen LogP contribution >= 0.6 is 0 Å². The number of rotatable bonds is 4. The van der Waals surface area contributed by atoms with E-state index in [1.807, 2.05) is 35.3 Å². The van der Waals surface area contributed by atoms with Crippen LogP contribution in [0.4, 0.5) is 13.2 Å². The smallest absolute Gasteiger partial charge is 0.406 e. The molecule has 4 aromatic rings. The summed E-state index contributed by atoms with van der Waals surface area (Å²) >= 11 is 0. The van der Waals surface area contributed by atoms with E-state index in [4.69, 9.17) is 0 Å². The fourth-order valence-electron chi connectivity index (χ4n) is 3.41. The lowest BCUT2D eigenvalue weighted by Crippen LogP contribution is -2.30. The Morgan fingerprint density at radius 1 is 0.677 bits per heavy atom. The zero-order valence-corrected chi connectivity index (χ0v) is 17.1. The van der Waals surface area contributed by atoms with Gasteiger partial charge in [0.15, 0.2) is 24.8 Å². The summed E-state index contributed by atoms with van der Waals surface area (Å²) in [5.41, 5.74) is 6.37. The molecule has 0 N–H and O–H groups in total. The van der Waals surface area contributed by atoms with Gasteiger partial charge in [0.05, 0.1) is 0 Å². The molecule has 0 aliphatic heterocycles. The maximum absolute atomic E-state index is 12.3. The molecule has 0 amide bonds. The number of benzene rings is 2. The van der Waals surface area contributed by atoms with Gasteiger partial charge >= 0.3 is 6.36 Å². The maximum Gasteiger partial charge on any atom is 0.573 e. The van der Waals surface area contributed by atoms with E-state index in [-0.39, 0.29) is 5.75 Å². The van der Waals surface area contributed by atoms with Gasteiger partial charge in [-0.3, -0.25) is 0 Å². The second-order valence-corrected chi connectivity index (χ2v) is 7.32. The third-order valence-corrected chi connectivity index (χ3v) is 5.00. The number of pyridine rings is 2. The largest absolute Gasteiger partial charge is 0.573 e. The van der Waals surface area contributed by atoms with Crippen LogP contribution < -0.4 is 13.9 Å². The molecule has 0 unspecified atom stereocenters. The third-order valence-electron chi connectivity index (χ3n) is 5.00. The molecule has 2 aromatic carbocycles. The van der Waals surface area contributed by atoms with Crippen LogP contribution in [0.2, 0.25) is 0 Å². The van der Waals surface area contributed by atoms with Crippen LogP contribution in [-0.4, -0.2) is 6.36 Å². The summed E-state index contributed by atoms with van der Waals surface area (Å²) in [5.74, 6) is -0.240. The van der Waals surface area contributed by atoms with Crippen LogP contribution in [-0.2, 0) is 0 Å². The summed E-state index contributed by atoms with van der Waals surface area (Å²) in [7, 11) is 0. The van der Waals surface area contributed by atoms with Crippen LogP contribution in [0.1, 0.15) is 11.1 Å². The lowest BCUT2D eigenvalue weighted by molar-refractivity contribution is -0.596. The molecular weight excluding hydrogens is 401 g/mol. The number of nitrogens with zero attached hydrogens (tertiary/aromatic N) is 2. The summed E-state index contributed by atoms with van der Waals surface area (Å²) in [6.45, 7) is 4.13. The molecule has 0 saturated heterocycles. The Balaban J connectivity index is 1.55. The van der Waals surface area contributed by atoms with Gasteiger partial charge in [-0.2, -0.15) is 9.13 Å². The van der Waals surface area contributed by atoms with E-state index >= 15 is 0 Å². The van der Waals surface area contributed by atoms with Gasteiger partial charge in [-0.05, 0) is 37.1 Å². The van der Waals surface area contributed by atoms with Crippen molar-refractivity contribution in [1.29, 1.82) is 0 Å².